The summed E-state index contributed by atoms with van der Waals surface area (Å²) in [4.78, 5) is 9.96. The van der Waals surface area contributed by atoms with Crippen molar-refractivity contribution in [3.63, 3.8) is 0 Å². The Morgan fingerprint density at radius 3 is 2.91 bits per heavy atom. The number of rotatable bonds is 1. The lowest BCUT2D eigenvalue weighted by atomic mass is 9.81. The van der Waals surface area contributed by atoms with Crippen LogP contribution in [0.2, 0.25) is 0 Å². The van der Waals surface area contributed by atoms with Gasteiger partial charge in [0.05, 0.1) is 0 Å². The summed E-state index contributed by atoms with van der Waals surface area (Å²) in [6.45, 7) is 2.10. The first-order valence-electron chi connectivity index (χ1n) is 3.51. The van der Waals surface area contributed by atoms with Crippen LogP contribution in [0.5, 0.6) is 0 Å². The van der Waals surface area contributed by atoms with Crippen LogP contribution in [0.4, 0.5) is 0 Å². The molecule has 0 atom stereocenters. The molecule has 0 saturated carbocycles. The van der Waals surface area contributed by atoms with Crippen LogP contribution in [0, 0.1) is 6.92 Å². The SMILES string of the molecule is Cc1ncc2c(n1)B2N(C)N. The molecule has 0 amide bonds. The highest BCUT2D eigenvalue weighted by Crippen LogP contribution is 1.98. The first-order chi connectivity index (χ1) is 5.20. The second-order valence-corrected chi connectivity index (χ2v) is 2.83. The molecule has 0 saturated heterocycles. The molecule has 0 radical (unpaired) electrons. The van der Waals surface area contributed by atoms with Gasteiger partial charge in [-0.25, -0.2) is 9.97 Å². The lowest BCUT2D eigenvalue weighted by Crippen LogP contribution is -2.38. The van der Waals surface area contributed by atoms with E-state index in [-0.39, 0.29) is 6.85 Å². The number of hydrogen-bond acceptors (Lipinski definition) is 4. The fourth-order valence-electron chi connectivity index (χ4n) is 1.26. The molecule has 1 aromatic rings. The average molecular weight is 148 g/mol. The van der Waals surface area contributed by atoms with Crippen molar-refractivity contribution < 1.29 is 0 Å². The molecule has 2 N–H and O–H groups in total. The highest BCUT2D eigenvalue weighted by atomic mass is 15.3. The van der Waals surface area contributed by atoms with Crippen LogP contribution in [-0.2, 0) is 0 Å². The molecule has 2 heterocycles. The van der Waals surface area contributed by atoms with E-state index in [0.29, 0.717) is 0 Å². The number of aryl methyl sites for hydroxylation is 1. The van der Waals surface area contributed by atoms with Crippen molar-refractivity contribution in [1.29, 1.82) is 0 Å². The Balaban J connectivity index is 2.31. The molecule has 11 heavy (non-hydrogen) atoms. The van der Waals surface area contributed by atoms with Crippen LogP contribution in [0.3, 0.4) is 0 Å². The monoisotopic (exact) mass is 148 g/mol. The summed E-state index contributed by atoms with van der Waals surface area (Å²) in [6.07, 6.45) is 1.84. The average Bonchev–Trinajstić information content (AvgIpc) is 2.60. The molecule has 4 nitrogen and oxygen atoms in total. The predicted octanol–water partition coefficient (Wildman–Crippen LogP) is -1.99. The molecule has 0 bridgehead atoms. The van der Waals surface area contributed by atoms with Gasteiger partial charge >= 0.3 is 6.85 Å². The van der Waals surface area contributed by atoms with E-state index in [1.807, 2.05) is 20.2 Å². The molecule has 0 spiro atoms. The second-order valence-electron chi connectivity index (χ2n) is 2.83. The van der Waals surface area contributed by atoms with E-state index >= 15 is 0 Å². The summed E-state index contributed by atoms with van der Waals surface area (Å²) in [5.41, 5.74) is 2.23. The van der Waals surface area contributed by atoms with Gasteiger partial charge in [0.1, 0.15) is 5.82 Å². The molecule has 2 rings (SSSR count). The van der Waals surface area contributed by atoms with Crippen LogP contribution in [0.15, 0.2) is 6.20 Å². The van der Waals surface area contributed by atoms with Crippen molar-refractivity contribution in [3.05, 3.63) is 12.0 Å². The van der Waals surface area contributed by atoms with Crippen molar-refractivity contribution >= 4 is 17.9 Å². The summed E-state index contributed by atoms with van der Waals surface area (Å²) in [7, 11) is 1.84. The number of aromatic nitrogens is 2. The van der Waals surface area contributed by atoms with Gasteiger partial charge < -0.3 is 0 Å². The van der Waals surface area contributed by atoms with E-state index in [0.717, 1.165) is 16.9 Å². The minimum Gasteiger partial charge on any atom is -0.279 e. The first-order valence-corrected chi connectivity index (χ1v) is 3.51. The zero-order valence-corrected chi connectivity index (χ0v) is 6.57. The highest BCUT2D eigenvalue weighted by molar-refractivity contribution is 6.99. The second kappa shape index (κ2) is 2.02. The summed E-state index contributed by atoms with van der Waals surface area (Å²) in [5, 5.41) is 0. The molecule has 0 fully saturated rings. The third-order valence-electron chi connectivity index (χ3n) is 1.85. The quantitative estimate of drug-likeness (QED) is 0.284. The van der Waals surface area contributed by atoms with Gasteiger partial charge in [0.25, 0.3) is 0 Å². The Hall–Kier alpha value is -0.935. The smallest absolute Gasteiger partial charge is 0.279 e. The Kier molecular flexibility index (Phi) is 1.24. The van der Waals surface area contributed by atoms with E-state index < -0.39 is 0 Å². The molecule has 0 unspecified atom stereocenters. The third kappa shape index (κ3) is 0.929. The number of nitrogens with zero attached hydrogens (tertiary/aromatic N) is 3. The Bertz CT molecular complexity index is 299. The van der Waals surface area contributed by atoms with Gasteiger partial charge in [-0.1, -0.05) is 0 Å². The Morgan fingerprint density at radius 1 is 1.64 bits per heavy atom. The molecule has 56 valence electrons. The topological polar surface area (TPSA) is 55.0 Å². The third-order valence-corrected chi connectivity index (χ3v) is 1.85. The van der Waals surface area contributed by atoms with E-state index in [1.54, 1.807) is 4.92 Å². The van der Waals surface area contributed by atoms with Crippen molar-refractivity contribution in [2.45, 2.75) is 6.92 Å². The maximum Gasteiger partial charge on any atom is 0.328 e. The predicted molar refractivity (Wildman–Crippen MR) is 43.7 cm³/mol. The van der Waals surface area contributed by atoms with Crippen LogP contribution >= 0.6 is 0 Å². The molecular formula is C6H9BN4. The number of nitrogens with two attached hydrogens (primary N) is 1. The van der Waals surface area contributed by atoms with Crippen LogP contribution in [0.25, 0.3) is 0 Å². The molecule has 0 aliphatic carbocycles. The first kappa shape index (κ1) is 6.76. The van der Waals surface area contributed by atoms with E-state index in [4.69, 9.17) is 5.84 Å². The number of hydrazine groups is 1. The minimum atomic E-state index is 0.219. The van der Waals surface area contributed by atoms with E-state index in [1.165, 1.54) is 0 Å². The summed E-state index contributed by atoms with van der Waals surface area (Å²) >= 11 is 0. The normalized spacial score (nSPS) is 13.6. The fourth-order valence-corrected chi connectivity index (χ4v) is 1.26. The molecule has 1 aliphatic heterocycles. The fraction of sp³-hybridized carbons (Fsp3) is 0.333. The lowest BCUT2D eigenvalue weighted by Gasteiger charge is -2.01. The van der Waals surface area contributed by atoms with Crippen molar-refractivity contribution in [1.82, 2.24) is 14.9 Å². The van der Waals surface area contributed by atoms with Crippen molar-refractivity contribution in [2.75, 3.05) is 7.05 Å². The van der Waals surface area contributed by atoms with Crippen LogP contribution in [0.1, 0.15) is 5.82 Å². The van der Waals surface area contributed by atoms with Gasteiger partial charge in [-0.05, 0) is 19.4 Å². The molecule has 1 aromatic heterocycles. The lowest BCUT2D eigenvalue weighted by molar-refractivity contribution is 0.574. The molecule has 5 heteroatoms. The van der Waals surface area contributed by atoms with Gasteiger partial charge in [0.15, 0.2) is 0 Å². The van der Waals surface area contributed by atoms with Crippen molar-refractivity contribution in [3.8, 4) is 0 Å². The highest BCUT2D eigenvalue weighted by Gasteiger charge is 2.42. The molecule has 0 aromatic carbocycles. The van der Waals surface area contributed by atoms with Crippen molar-refractivity contribution in [2.24, 2.45) is 5.84 Å². The minimum absolute atomic E-state index is 0.219. The zero-order chi connectivity index (χ0) is 8.01. The van der Waals surface area contributed by atoms with Gasteiger partial charge in [-0.2, -0.15) is 0 Å². The van der Waals surface area contributed by atoms with Gasteiger partial charge in [-0.15, -0.1) is 0 Å². The maximum absolute atomic E-state index is 5.56. The summed E-state index contributed by atoms with van der Waals surface area (Å²) in [6, 6.07) is 0. The van der Waals surface area contributed by atoms with Crippen LogP contribution < -0.4 is 16.9 Å². The Morgan fingerprint density at radius 2 is 2.36 bits per heavy atom. The van der Waals surface area contributed by atoms with Gasteiger partial charge in [0, 0.05) is 11.8 Å². The van der Waals surface area contributed by atoms with Gasteiger partial charge in [-0.3, -0.25) is 10.8 Å². The van der Waals surface area contributed by atoms with E-state index in [9.17, 15) is 0 Å². The van der Waals surface area contributed by atoms with E-state index in [2.05, 4.69) is 9.97 Å². The maximum atomic E-state index is 5.56. The largest absolute Gasteiger partial charge is 0.328 e. The summed E-state index contributed by atoms with van der Waals surface area (Å²) < 4.78 is 0. The number of fused-ring (bicyclic) bond motifs is 1. The van der Waals surface area contributed by atoms with Gasteiger partial charge in [0.2, 0.25) is 0 Å². The molecular weight excluding hydrogens is 139 g/mol. The Labute approximate surface area is 65.5 Å². The number of hydrogen-bond donors (Lipinski definition) is 1. The van der Waals surface area contributed by atoms with Crippen LogP contribution in [-0.4, -0.2) is 28.8 Å². The zero-order valence-electron chi connectivity index (χ0n) is 6.57. The standard InChI is InChI=1S/C6H9BN4/c1-4-9-3-5-6(10-4)7(5)11(2)8/h3H,8H2,1-2H3. The molecule has 1 aliphatic rings. The summed E-state index contributed by atoms with van der Waals surface area (Å²) in [5.74, 6) is 6.38.